The molecule has 1 heterocycles. The molecule has 0 saturated carbocycles. The summed E-state index contributed by atoms with van der Waals surface area (Å²) in [5.74, 6) is 0.00719. The summed E-state index contributed by atoms with van der Waals surface area (Å²) < 4.78 is 18.9. The lowest BCUT2D eigenvalue weighted by Gasteiger charge is -2.25. The van der Waals surface area contributed by atoms with Gasteiger partial charge in [0.05, 0.1) is 5.69 Å². The van der Waals surface area contributed by atoms with Crippen molar-refractivity contribution in [1.82, 2.24) is 15.0 Å². The fraction of sp³-hybridized carbons (Fsp3) is 0.136. The number of fused-ring (bicyclic) bond motifs is 1. The molecule has 0 unspecified atom stereocenters. The number of carbonyl (C=O) groups excluding carboxylic acids is 1. The van der Waals surface area contributed by atoms with E-state index in [9.17, 15) is 9.18 Å². The van der Waals surface area contributed by atoms with Crippen LogP contribution in [0.4, 0.5) is 10.1 Å². The van der Waals surface area contributed by atoms with E-state index in [0.29, 0.717) is 28.2 Å². The Bertz CT molecular complexity index is 1150. The fourth-order valence-corrected chi connectivity index (χ4v) is 2.79. The number of nitrogens with zero attached hydrogens (tertiary/aromatic N) is 3. The second-order valence-corrected chi connectivity index (χ2v) is 7.05. The molecule has 0 aliphatic carbocycles. The monoisotopic (exact) mass is 390 g/mol. The van der Waals surface area contributed by atoms with Crippen LogP contribution in [-0.4, -0.2) is 26.5 Å². The van der Waals surface area contributed by atoms with Gasteiger partial charge in [0.25, 0.3) is 5.91 Å². The normalized spacial score (nSPS) is 11.4. The molecule has 0 bridgehead atoms. The first-order chi connectivity index (χ1) is 13.9. The van der Waals surface area contributed by atoms with Gasteiger partial charge in [-0.1, -0.05) is 18.2 Å². The van der Waals surface area contributed by atoms with E-state index in [1.807, 2.05) is 18.2 Å². The first-order valence-corrected chi connectivity index (χ1v) is 9.09. The Morgan fingerprint density at radius 3 is 2.38 bits per heavy atom. The quantitative estimate of drug-likeness (QED) is 0.550. The number of carbonyl (C=O) groups is 1. The van der Waals surface area contributed by atoms with Crippen molar-refractivity contribution in [2.45, 2.75) is 19.4 Å². The number of anilines is 1. The SMILES string of the molecule is CC(C)(Oc1ccccc1)C(=O)Nc1ccc2nn(-c3ccc(F)cc3)nc2c1. The van der Waals surface area contributed by atoms with Crippen LogP contribution in [0.2, 0.25) is 0 Å². The number of benzene rings is 3. The second-order valence-electron chi connectivity index (χ2n) is 7.05. The van der Waals surface area contributed by atoms with Gasteiger partial charge in [0.15, 0.2) is 5.60 Å². The topological polar surface area (TPSA) is 69.0 Å². The van der Waals surface area contributed by atoms with E-state index in [4.69, 9.17) is 4.74 Å². The van der Waals surface area contributed by atoms with Crippen molar-refractivity contribution in [3.8, 4) is 11.4 Å². The van der Waals surface area contributed by atoms with Crippen LogP contribution < -0.4 is 10.1 Å². The minimum atomic E-state index is -1.07. The van der Waals surface area contributed by atoms with Crippen LogP contribution in [0.25, 0.3) is 16.7 Å². The summed E-state index contributed by atoms with van der Waals surface area (Å²) in [5, 5.41) is 11.7. The van der Waals surface area contributed by atoms with Gasteiger partial charge in [0.1, 0.15) is 22.6 Å². The molecule has 0 saturated heterocycles. The molecule has 0 spiro atoms. The molecule has 146 valence electrons. The number of aromatic nitrogens is 3. The zero-order chi connectivity index (χ0) is 20.4. The van der Waals surface area contributed by atoms with E-state index in [0.717, 1.165) is 0 Å². The predicted octanol–water partition coefficient (Wildman–Crippen LogP) is 4.36. The lowest BCUT2D eigenvalue weighted by atomic mass is 10.1. The Hall–Kier alpha value is -3.74. The predicted molar refractivity (Wildman–Crippen MR) is 109 cm³/mol. The molecule has 3 aromatic carbocycles. The molecule has 4 rings (SSSR count). The number of ether oxygens (including phenoxy) is 1. The number of amides is 1. The van der Waals surface area contributed by atoms with Gasteiger partial charge in [-0.25, -0.2) is 4.39 Å². The van der Waals surface area contributed by atoms with Crippen LogP contribution in [0, 0.1) is 5.82 Å². The minimum Gasteiger partial charge on any atom is -0.478 e. The molecule has 4 aromatic rings. The average Bonchev–Trinajstić information content (AvgIpc) is 3.12. The Balaban J connectivity index is 1.53. The molecule has 1 N–H and O–H groups in total. The molecule has 0 aliphatic heterocycles. The van der Waals surface area contributed by atoms with E-state index in [-0.39, 0.29) is 11.7 Å². The Kier molecular flexibility index (Phi) is 4.72. The number of para-hydroxylation sites is 1. The zero-order valence-corrected chi connectivity index (χ0v) is 16.0. The Morgan fingerprint density at radius 1 is 0.966 bits per heavy atom. The van der Waals surface area contributed by atoms with Gasteiger partial charge in [-0.05, 0) is 68.4 Å². The smallest absolute Gasteiger partial charge is 0.267 e. The molecule has 0 atom stereocenters. The lowest BCUT2D eigenvalue weighted by molar-refractivity contribution is -0.128. The highest BCUT2D eigenvalue weighted by atomic mass is 19.1. The lowest BCUT2D eigenvalue weighted by Crippen LogP contribution is -2.42. The summed E-state index contributed by atoms with van der Waals surface area (Å²) in [6, 6.07) is 20.3. The third-order valence-corrected chi connectivity index (χ3v) is 4.36. The Morgan fingerprint density at radius 2 is 1.66 bits per heavy atom. The minimum absolute atomic E-state index is 0.286. The number of rotatable bonds is 5. The van der Waals surface area contributed by atoms with Crippen molar-refractivity contribution in [3.63, 3.8) is 0 Å². The zero-order valence-electron chi connectivity index (χ0n) is 16.0. The van der Waals surface area contributed by atoms with Gasteiger partial charge in [-0.2, -0.15) is 4.80 Å². The van der Waals surface area contributed by atoms with Crippen molar-refractivity contribution in [2.24, 2.45) is 0 Å². The third-order valence-electron chi connectivity index (χ3n) is 4.36. The molecule has 29 heavy (non-hydrogen) atoms. The molecule has 0 fully saturated rings. The number of halogens is 1. The first kappa shape index (κ1) is 18.6. The van der Waals surface area contributed by atoms with Gasteiger partial charge < -0.3 is 10.1 Å². The van der Waals surface area contributed by atoms with Gasteiger partial charge in [0, 0.05) is 5.69 Å². The van der Waals surface area contributed by atoms with E-state index in [2.05, 4.69) is 15.5 Å². The summed E-state index contributed by atoms with van der Waals surface area (Å²) in [6.07, 6.45) is 0. The van der Waals surface area contributed by atoms with Crippen LogP contribution in [-0.2, 0) is 4.79 Å². The fourth-order valence-electron chi connectivity index (χ4n) is 2.79. The maximum atomic E-state index is 13.1. The van der Waals surface area contributed by atoms with Crippen molar-refractivity contribution in [1.29, 1.82) is 0 Å². The third kappa shape index (κ3) is 4.08. The van der Waals surface area contributed by atoms with Gasteiger partial charge in [-0.15, -0.1) is 10.2 Å². The molecule has 1 amide bonds. The van der Waals surface area contributed by atoms with Crippen LogP contribution in [0.5, 0.6) is 5.75 Å². The summed E-state index contributed by atoms with van der Waals surface area (Å²) in [5.41, 5.74) is 1.42. The average molecular weight is 390 g/mol. The molecule has 7 heteroatoms. The van der Waals surface area contributed by atoms with Gasteiger partial charge in [-0.3, -0.25) is 4.79 Å². The highest BCUT2D eigenvalue weighted by Crippen LogP contribution is 2.22. The van der Waals surface area contributed by atoms with Crippen LogP contribution in [0.15, 0.2) is 72.8 Å². The summed E-state index contributed by atoms with van der Waals surface area (Å²) in [7, 11) is 0. The van der Waals surface area contributed by atoms with Crippen LogP contribution in [0.1, 0.15) is 13.8 Å². The highest BCUT2D eigenvalue weighted by Gasteiger charge is 2.30. The molecule has 6 nitrogen and oxygen atoms in total. The van der Waals surface area contributed by atoms with Crippen molar-refractivity contribution in [2.75, 3.05) is 5.32 Å². The van der Waals surface area contributed by atoms with Crippen molar-refractivity contribution >= 4 is 22.6 Å². The van der Waals surface area contributed by atoms with E-state index < -0.39 is 5.60 Å². The highest BCUT2D eigenvalue weighted by molar-refractivity contribution is 5.98. The molecular weight excluding hydrogens is 371 g/mol. The molecular formula is C22H19FN4O2. The van der Waals surface area contributed by atoms with Gasteiger partial charge >= 0.3 is 0 Å². The van der Waals surface area contributed by atoms with E-state index in [1.54, 1.807) is 56.3 Å². The van der Waals surface area contributed by atoms with E-state index >= 15 is 0 Å². The van der Waals surface area contributed by atoms with Gasteiger partial charge in [0.2, 0.25) is 0 Å². The summed E-state index contributed by atoms with van der Waals surface area (Å²) >= 11 is 0. The van der Waals surface area contributed by atoms with Crippen molar-refractivity contribution in [3.05, 3.63) is 78.6 Å². The Labute approximate surface area is 166 Å². The van der Waals surface area contributed by atoms with E-state index in [1.165, 1.54) is 16.9 Å². The first-order valence-electron chi connectivity index (χ1n) is 9.09. The summed E-state index contributed by atoms with van der Waals surface area (Å²) in [4.78, 5) is 14.1. The van der Waals surface area contributed by atoms with Crippen LogP contribution >= 0.6 is 0 Å². The van der Waals surface area contributed by atoms with Crippen LogP contribution in [0.3, 0.4) is 0 Å². The molecule has 1 aromatic heterocycles. The maximum absolute atomic E-state index is 13.1. The molecule has 0 aliphatic rings. The molecule has 0 radical (unpaired) electrons. The summed E-state index contributed by atoms with van der Waals surface area (Å²) in [6.45, 7) is 3.41. The van der Waals surface area contributed by atoms with Crippen molar-refractivity contribution < 1.29 is 13.9 Å². The number of hydrogen-bond donors (Lipinski definition) is 1. The number of nitrogens with one attached hydrogen (secondary N) is 1. The largest absolute Gasteiger partial charge is 0.478 e. The number of hydrogen-bond acceptors (Lipinski definition) is 4. The second kappa shape index (κ2) is 7.35. The maximum Gasteiger partial charge on any atom is 0.267 e. The standard InChI is InChI=1S/C22H19FN4O2/c1-22(2,29-18-6-4-3-5-7-18)21(28)24-16-10-13-19-20(14-16)26-27(25-19)17-11-8-15(23)9-12-17/h3-14H,1-2H3,(H,24,28).